The van der Waals surface area contributed by atoms with E-state index in [2.05, 4.69) is 6.92 Å². The highest BCUT2D eigenvalue weighted by molar-refractivity contribution is 5.20. The van der Waals surface area contributed by atoms with Crippen LogP contribution in [0, 0.1) is 5.92 Å². The number of nitrogens with two attached hydrogens (primary N) is 1. The number of hydrogen-bond donors (Lipinski definition) is 1. The van der Waals surface area contributed by atoms with Crippen molar-refractivity contribution in [2.24, 2.45) is 11.7 Å². The van der Waals surface area contributed by atoms with Gasteiger partial charge in [0.05, 0.1) is 6.61 Å². The zero-order valence-electron chi connectivity index (χ0n) is 8.78. The van der Waals surface area contributed by atoms with Gasteiger partial charge < -0.3 is 10.5 Å². The Labute approximate surface area is 86.1 Å². The van der Waals surface area contributed by atoms with Crippen molar-refractivity contribution in [3.05, 3.63) is 30.3 Å². The third-order valence-corrected chi connectivity index (χ3v) is 2.28. The predicted molar refractivity (Wildman–Crippen MR) is 59.4 cm³/mol. The molecule has 0 saturated heterocycles. The van der Waals surface area contributed by atoms with Crippen LogP contribution in [-0.4, -0.2) is 13.2 Å². The summed E-state index contributed by atoms with van der Waals surface area (Å²) in [5.74, 6) is 1.61. The molecule has 78 valence electrons. The molecule has 1 aromatic carbocycles. The molecule has 0 aromatic heterocycles. The van der Waals surface area contributed by atoms with Gasteiger partial charge in [-0.2, -0.15) is 0 Å². The number of hydrogen-bond acceptors (Lipinski definition) is 2. The Morgan fingerprint density at radius 1 is 1.21 bits per heavy atom. The molecule has 1 atom stereocenters. The highest BCUT2D eigenvalue weighted by Crippen LogP contribution is 2.11. The molecule has 1 aromatic rings. The van der Waals surface area contributed by atoms with E-state index in [0.29, 0.717) is 5.92 Å². The molecule has 2 N–H and O–H groups in total. The minimum absolute atomic E-state index is 0.656. The van der Waals surface area contributed by atoms with Crippen LogP contribution in [0.15, 0.2) is 30.3 Å². The molecule has 14 heavy (non-hydrogen) atoms. The summed E-state index contributed by atoms with van der Waals surface area (Å²) >= 11 is 0. The summed E-state index contributed by atoms with van der Waals surface area (Å²) in [6.07, 6.45) is 2.16. The van der Waals surface area contributed by atoms with Gasteiger partial charge in [0.25, 0.3) is 0 Å². The first-order valence-electron chi connectivity index (χ1n) is 5.21. The maximum absolute atomic E-state index is 5.58. The van der Waals surface area contributed by atoms with Crippen LogP contribution in [0.1, 0.15) is 19.8 Å². The lowest BCUT2D eigenvalue weighted by Crippen LogP contribution is -2.09. The van der Waals surface area contributed by atoms with Crippen LogP contribution in [0.5, 0.6) is 5.75 Å². The topological polar surface area (TPSA) is 35.2 Å². The van der Waals surface area contributed by atoms with Gasteiger partial charge in [-0.1, -0.05) is 25.1 Å². The predicted octanol–water partition coefficient (Wildman–Crippen LogP) is 2.44. The molecule has 0 spiro atoms. The van der Waals surface area contributed by atoms with Crippen molar-refractivity contribution in [3.63, 3.8) is 0 Å². The van der Waals surface area contributed by atoms with E-state index >= 15 is 0 Å². The van der Waals surface area contributed by atoms with Gasteiger partial charge in [0.15, 0.2) is 0 Å². The summed E-state index contributed by atoms with van der Waals surface area (Å²) in [5, 5.41) is 0. The first kappa shape index (κ1) is 11.1. The lowest BCUT2D eigenvalue weighted by Gasteiger charge is -2.10. The second-order valence-corrected chi connectivity index (χ2v) is 3.63. The van der Waals surface area contributed by atoms with Crippen LogP contribution in [0.2, 0.25) is 0 Å². The standard InChI is InChI=1S/C12H19NO/c1-11(7-9-13)8-10-14-12-5-3-2-4-6-12/h2-6,11H,7-10,13H2,1H3. The van der Waals surface area contributed by atoms with E-state index < -0.39 is 0 Å². The molecule has 0 bridgehead atoms. The molecule has 0 aliphatic carbocycles. The Morgan fingerprint density at radius 2 is 1.93 bits per heavy atom. The summed E-state index contributed by atoms with van der Waals surface area (Å²) in [5.41, 5.74) is 5.47. The fourth-order valence-electron chi connectivity index (χ4n) is 1.32. The van der Waals surface area contributed by atoms with E-state index in [9.17, 15) is 0 Å². The summed E-state index contributed by atoms with van der Waals surface area (Å²) in [7, 11) is 0. The summed E-state index contributed by atoms with van der Waals surface area (Å²) < 4.78 is 5.58. The van der Waals surface area contributed by atoms with Crippen molar-refractivity contribution < 1.29 is 4.74 Å². The average molecular weight is 193 g/mol. The molecule has 0 heterocycles. The Balaban J connectivity index is 2.16. The Kier molecular flexibility index (Phi) is 5.08. The minimum Gasteiger partial charge on any atom is -0.494 e. The smallest absolute Gasteiger partial charge is 0.119 e. The van der Waals surface area contributed by atoms with Crippen LogP contribution in [-0.2, 0) is 0 Å². The van der Waals surface area contributed by atoms with E-state index in [1.807, 2.05) is 30.3 Å². The van der Waals surface area contributed by atoms with Crippen LogP contribution < -0.4 is 10.5 Å². The van der Waals surface area contributed by atoms with Gasteiger partial charge in [-0.25, -0.2) is 0 Å². The van der Waals surface area contributed by atoms with Crippen molar-refractivity contribution in [1.82, 2.24) is 0 Å². The maximum atomic E-state index is 5.58. The van der Waals surface area contributed by atoms with Crippen molar-refractivity contribution in [2.45, 2.75) is 19.8 Å². The largest absolute Gasteiger partial charge is 0.494 e. The second kappa shape index (κ2) is 6.44. The molecule has 0 radical (unpaired) electrons. The van der Waals surface area contributed by atoms with E-state index in [1.54, 1.807) is 0 Å². The van der Waals surface area contributed by atoms with Gasteiger partial charge in [-0.05, 0) is 37.4 Å². The van der Waals surface area contributed by atoms with E-state index in [0.717, 1.165) is 31.7 Å². The van der Waals surface area contributed by atoms with E-state index in [4.69, 9.17) is 10.5 Å². The fourth-order valence-corrected chi connectivity index (χ4v) is 1.32. The summed E-state index contributed by atoms with van der Waals surface area (Å²) in [6.45, 7) is 3.76. The molecular weight excluding hydrogens is 174 g/mol. The number of ether oxygens (including phenoxy) is 1. The van der Waals surface area contributed by atoms with Crippen LogP contribution in [0.4, 0.5) is 0 Å². The molecule has 0 fully saturated rings. The van der Waals surface area contributed by atoms with Crippen molar-refractivity contribution in [2.75, 3.05) is 13.2 Å². The molecule has 2 heteroatoms. The number of para-hydroxylation sites is 1. The van der Waals surface area contributed by atoms with Gasteiger partial charge in [0, 0.05) is 0 Å². The number of benzene rings is 1. The quantitative estimate of drug-likeness (QED) is 0.753. The minimum atomic E-state index is 0.656. The highest BCUT2D eigenvalue weighted by atomic mass is 16.5. The van der Waals surface area contributed by atoms with Gasteiger partial charge in [0.1, 0.15) is 5.75 Å². The van der Waals surface area contributed by atoms with E-state index in [1.165, 1.54) is 0 Å². The Bertz CT molecular complexity index is 235. The van der Waals surface area contributed by atoms with Gasteiger partial charge in [-0.3, -0.25) is 0 Å². The normalized spacial score (nSPS) is 12.4. The highest BCUT2D eigenvalue weighted by Gasteiger charge is 2.00. The molecule has 0 amide bonds. The first-order valence-corrected chi connectivity index (χ1v) is 5.21. The SMILES string of the molecule is CC(CCN)CCOc1ccccc1. The fraction of sp³-hybridized carbons (Fsp3) is 0.500. The lowest BCUT2D eigenvalue weighted by molar-refractivity contribution is 0.280. The Morgan fingerprint density at radius 3 is 2.57 bits per heavy atom. The maximum Gasteiger partial charge on any atom is 0.119 e. The van der Waals surface area contributed by atoms with Crippen molar-refractivity contribution in [1.29, 1.82) is 0 Å². The molecule has 0 aliphatic rings. The molecule has 0 aliphatic heterocycles. The van der Waals surface area contributed by atoms with Gasteiger partial charge in [-0.15, -0.1) is 0 Å². The zero-order valence-corrected chi connectivity index (χ0v) is 8.78. The van der Waals surface area contributed by atoms with Crippen molar-refractivity contribution in [3.8, 4) is 5.75 Å². The lowest BCUT2D eigenvalue weighted by atomic mass is 10.1. The molecule has 0 saturated carbocycles. The summed E-state index contributed by atoms with van der Waals surface area (Å²) in [6, 6.07) is 9.92. The molecule has 2 nitrogen and oxygen atoms in total. The van der Waals surface area contributed by atoms with Gasteiger partial charge in [0.2, 0.25) is 0 Å². The molecular formula is C12H19NO. The van der Waals surface area contributed by atoms with Crippen molar-refractivity contribution >= 4 is 0 Å². The first-order chi connectivity index (χ1) is 6.83. The van der Waals surface area contributed by atoms with E-state index in [-0.39, 0.29) is 0 Å². The second-order valence-electron chi connectivity index (χ2n) is 3.63. The molecule has 1 rings (SSSR count). The van der Waals surface area contributed by atoms with Gasteiger partial charge >= 0.3 is 0 Å². The zero-order chi connectivity index (χ0) is 10.2. The third-order valence-electron chi connectivity index (χ3n) is 2.28. The molecule has 1 unspecified atom stereocenters. The van der Waals surface area contributed by atoms with Crippen LogP contribution >= 0.6 is 0 Å². The monoisotopic (exact) mass is 193 g/mol. The van der Waals surface area contributed by atoms with Crippen LogP contribution in [0.3, 0.4) is 0 Å². The summed E-state index contributed by atoms with van der Waals surface area (Å²) in [4.78, 5) is 0. The number of rotatable bonds is 6. The third kappa shape index (κ3) is 4.28. The Hall–Kier alpha value is -1.02. The van der Waals surface area contributed by atoms with Crippen LogP contribution in [0.25, 0.3) is 0 Å². The average Bonchev–Trinajstić information content (AvgIpc) is 2.20.